The van der Waals surface area contributed by atoms with E-state index in [0.29, 0.717) is 25.6 Å². The summed E-state index contributed by atoms with van der Waals surface area (Å²) < 4.78 is 16.0. The predicted molar refractivity (Wildman–Crippen MR) is 85.8 cm³/mol. The van der Waals surface area contributed by atoms with Crippen molar-refractivity contribution in [1.82, 2.24) is 5.43 Å². The molecule has 0 unspecified atom stereocenters. The third-order valence-electron chi connectivity index (χ3n) is 2.55. The van der Waals surface area contributed by atoms with Crippen LogP contribution in [0.4, 0.5) is 4.79 Å². The molecule has 0 aliphatic rings. The van der Waals surface area contributed by atoms with E-state index in [1.165, 1.54) is 6.21 Å². The molecule has 0 radical (unpaired) electrons. The molecule has 0 atom stereocenters. The molecule has 22 heavy (non-hydrogen) atoms. The molecular formula is C16H24N2O4. The van der Waals surface area contributed by atoms with Crippen molar-refractivity contribution in [1.29, 1.82) is 0 Å². The molecule has 1 aromatic carbocycles. The molecule has 0 fully saturated rings. The standard InChI is InChI=1S/C16H24N2O4/c1-4-9-21-14-8-7-13(15(11-14)22-10-5-2)12-17-18-16(19)20-6-3/h7-8,11-12H,4-6,9-10H2,1-3H3,(H,18,19)/b17-12-. The van der Waals surface area contributed by atoms with Crippen LogP contribution in [0.5, 0.6) is 11.5 Å². The first-order chi connectivity index (χ1) is 10.7. The third-order valence-corrected chi connectivity index (χ3v) is 2.55. The molecule has 1 aromatic rings. The lowest BCUT2D eigenvalue weighted by atomic mass is 10.2. The summed E-state index contributed by atoms with van der Waals surface area (Å²) in [6.45, 7) is 7.38. The van der Waals surface area contributed by atoms with Gasteiger partial charge in [0.05, 0.1) is 26.0 Å². The first kappa shape index (κ1) is 17.8. The monoisotopic (exact) mass is 308 g/mol. The first-order valence-electron chi connectivity index (χ1n) is 7.56. The maximum absolute atomic E-state index is 11.2. The maximum Gasteiger partial charge on any atom is 0.427 e. The van der Waals surface area contributed by atoms with Crippen LogP contribution in [-0.4, -0.2) is 32.1 Å². The Morgan fingerprint density at radius 1 is 1.18 bits per heavy atom. The van der Waals surface area contributed by atoms with Crippen LogP contribution in [0.2, 0.25) is 0 Å². The van der Waals surface area contributed by atoms with Crippen LogP contribution in [0.1, 0.15) is 39.2 Å². The Kier molecular flexibility index (Phi) is 8.49. The Morgan fingerprint density at radius 2 is 1.91 bits per heavy atom. The lowest BCUT2D eigenvalue weighted by molar-refractivity contribution is 0.152. The fourth-order valence-corrected chi connectivity index (χ4v) is 1.59. The van der Waals surface area contributed by atoms with Gasteiger partial charge in [-0.1, -0.05) is 13.8 Å². The SMILES string of the molecule is CCCOc1ccc(/C=N\NC(=O)OCC)c(OCCC)c1. The summed E-state index contributed by atoms with van der Waals surface area (Å²) in [6, 6.07) is 5.52. The van der Waals surface area contributed by atoms with Crippen LogP contribution in [-0.2, 0) is 4.74 Å². The maximum atomic E-state index is 11.2. The average Bonchev–Trinajstić information content (AvgIpc) is 2.52. The Morgan fingerprint density at radius 3 is 2.59 bits per heavy atom. The van der Waals surface area contributed by atoms with Gasteiger partial charge in [0, 0.05) is 11.6 Å². The molecule has 0 heterocycles. The molecule has 0 aliphatic heterocycles. The van der Waals surface area contributed by atoms with Gasteiger partial charge in [-0.2, -0.15) is 5.10 Å². The summed E-state index contributed by atoms with van der Waals surface area (Å²) in [7, 11) is 0. The fraction of sp³-hybridized carbons (Fsp3) is 0.500. The molecular weight excluding hydrogens is 284 g/mol. The van der Waals surface area contributed by atoms with Crippen LogP contribution in [0, 0.1) is 0 Å². The average molecular weight is 308 g/mol. The minimum absolute atomic E-state index is 0.301. The number of nitrogens with one attached hydrogen (secondary N) is 1. The molecule has 0 aromatic heterocycles. The molecule has 122 valence electrons. The van der Waals surface area contributed by atoms with E-state index in [9.17, 15) is 4.79 Å². The highest BCUT2D eigenvalue weighted by molar-refractivity contribution is 5.84. The highest BCUT2D eigenvalue weighted by Crippen LogP contribution is 2.24. The Hall–Kier alpha value is -2.24. The molecule has 0 saturated heterocycles. The number of ether oxygens (including phenoxy) is 3. The quantitative estimate of drug-likeness (QED) is 0.561. The van der Waals surface area contributed by atoms with Crippen molar-refractivity contribution in [3.63, 3.8) is 0 Å². The highest BCUT2D eigenvalue weighted by atomic mass is 16.5. The van der Waals surface area contributed by atoms with E-state index in [0.717, 1.165) is 24.2 Å². The molecule has 1 rings (SSSR count). The third kappa shape index (κ3) is 6.47. The van der Waals surface area contributed by atoms with E-state index < -0.39 is 6.09 Å². The second-order valence-electron chi connectivity index (χ2n) is 4.49. The van der Waals surface area contributed by atoms with Gasteiger partial charge in [-0.15, -0.1) is 0 Å². The zero-order valence-electron chi connectivity index (χ0n) is 13.4. The van der Waals surface area contributed by atoms with Gasteiger partial charge in [-0.3, -0.25) is 0 Å². The normalized spacial score (nSPS) is 10.5. The second kappa shape index (κ2) is 10.5. The number of benzene rings is 1. The lowest BCUT2D eigenvalue weighted by Gasteiger charge is -2.11. The molecule has 6 nitrogen and oxygen atoms in total. The molecule has 0 bridgehead atoms. The molecule has 1 N–H and O–H groups in total. The van der Waals surface area contributed by atoms with Crippen LogP contribution >= 0.6 is 0 Å². The molecule has 6 heteroatoms. The highest BCUT2D eigenvalue weighted by Gasteiger charge is 2.05. The minimum Gasteiger partial charge on any atom is -0.493 e. The smallest absolute Gasteiger partial charge is 0.427 e. The Bertz CT molecular complexity index is 489. The van der Waals surface area contributed by atoms with Gasteiger partial charge in [0.15, 0.2) is 0 Å². The number of amides is 1. The Balaban J connectivity index is 2.77. The number of hydrazone groups is 1. The fourth-order valence-electron chi connectivity index (χ4n) is 1.59. The van der Waals surface area contributed by atoms with Gasteiger partial charge in [0.1, 0.15) is 11.5 Å². The summed E-state index contributed by atoms with van der Waals surface area (Å²) in [4.78, 5) is 11.2. The molecule has 0 spiro atoms. The van der Waals surface area contributed by atoms with Crippen molar-refractivity contribution in [3.8, 4) is 11.5 Å². The molecule has 1 amide bonds. The number of carbonyl (C=O) groups excluding carboxylic acids is 1. The number of hydrogen-bond acceptors (Lipinski definition) is 5. The Labute approximate surface area is 131 Å². The number of carbonyl (C=O) groups is 1. The van der Waals surface area contributed by atoms with E-state index in [2.05, 4.69) is 17.5 Å². The van der Waals surface area contributed by atoms with E-state index in [-0.39, 0.29) is 0 Å². The first-order valence-corrected chi connectivity index (χ1v) is 7.56. The van der Waals surface area contributed by atoms with Crippen molar-refractivity contribution >= 4 is 12.3 Å². The van der Waals surface area contributed by atoms with Crippen LogP contribution in [0.15, 0.2) is 23.3 Å². The van der Waals surface area contributed by atoms with E-state index in [4.69, 9.17) is 14.2 Å². The van der Waals surface area contributed by atoms with Crippen molar-refractivity contribution in [3.05, 3.63) is 23.8 Å². The van der Waals surface area contributed by atoms with Gasteiger partial charge in [0.25, 0.3) is 0 Å². The lowest BCUT2D eigenvalue weighted by Crippen LogP contribution is -2.18. The van der Waals surface area contributed by atoms with Crippen LogP contribution < -0.4 is 14.9 Å². The molecule has 0 saturated carbocycles. The largest absolute Gasteiger partial charge is 0.493 e. The summed E-state index contributed by atoms with van der Waals surface area (Å²) in [6.07, 6.45) is 2.78. The van der Waals surface area contributed by atoms with Gasteiger partial charge in [-0.05, 0) is 31.9 Å². The van der Waals surface area contributed by atoms with E-state index >= 15 is 0 Å². The summed E-state index contributed by atoms with van der Waals surface area (Å²) in [5.41, 5.74) is 3.04. The second-order valence-corrected chi connectivity index (χ2v) is 4.49. The van der Waals surface area contributed by atoms with Crippen LogP contribution in [0.3, 0.4) is 0 Å². The van der Waals surface area contributed by atoms with E-state index in [1.54, 1.807) is 6.92 Å². The summed E-state index contributed by atoms with van der Waals surface area (Å²) in [5, 5.41) is 3.85. The van der Waals surface area contributed by atoms with Gasteiger partial charge in [-0.25, -0.2) is 10.2 Å². The van der Waals surface area contributed by atoms with Crippen LogP contribution in [0.25, 0.3) is 0 Å². The van der Waals surface area contributed by atoms with Gasteiger partial charge < -0.3 is 14.2 Å². The van der Waals surface area contributed by atoms with Gasteiger partial charge in [0.2, 0.25) is 0 Å². The minimum atomic E-state index is -0.585. The van der Waals surface area contributed by atoms with Crippen molar-refractivity contribution in [2.45, 2.75) is 33.6 Å². The van der Waals surface area contributed by atoms with Gasteiger partial charge >= 0.3 is 6.09 Å². The number of nitrogens with zero attached hydrogens (tertiary/aromatic N) is 1. The van der Waals surface area contributed by atoms with Crippen molar-refractivity contribution < 1.29 is 19.0 Å². The van der Waals surface area contributed by atoms with Crippen molar-refractivity contribution in [2.75, 3.05) is 19.8 Å². The number of rotatable bonds is 9. The summed E-state index contributed by atoms with van der Waals surface area (Å²) in [5.74, 6) is 1.42. The zero-order valence-corrected chi connectivity index (χ0v) is 13.4. The molecule has 0 aliphatic carbocycles. The zero-order chi connectivity index (χ0) is 16.2. The predicted octanol–water partition coefficient (Wildman–Crippen LogP) is 3.34. The van der Waals surface area contributed by atoms with E-state index in [1.807, 2.05) is 25.1 Å². The summed E-state index contributed by atoms with van der Waals surface area (Å²) >= 11 is 0. The topological polar surface area (TPSA) is 69.2 Å². The van der Waals surface area contributed by atoms with Crippen molar-refractivity contribution in [2.24, 2.45) is 5.10 Å². The number of hydrogen-bond donors (Lipinski definition) is 1.